The Hall–Kier alpha value is -0.570. The molecule has 1 aliphatic heterocycles. The Labute approximate surface area is 80.7 Å². The van der Waals surface area contributed by atoms with E-state index in [-0.39, 0.29) is 5.91 Å². The summed E-state index contributed by atoms with van der Waals surface area (Å²) in [6, 6.07) is 0.526. The molecule has 0 bridgehead atoms. The molecule has 3 nitrogen and oxygen atoms in total. The maximum absolute atomic E-state index is 11.1. The molecule has 0 radical (unpaired) electrons. The second kappa shape index (κ2) is 4.61. The highest BCUT2D eigenvalue weighted by atomic mass is 16.2. The second-order valence-corrected chi connectivity index (χ2v) is 3.85. The number of amides is 1. The first-order valence-electron chi connectivity index (χ1n) is 5.14. The Bertz CT molecular complexity index is 182. The van der Waals surface area contributed by atoms with E-state index in [1.54, 1.807) is 6.92 Å². The van der Waals surface area contributed by atoms with Crippen molar-refractivity contribution in [3.8, 4) is 0 Å². The fraction of sp³-hybridized carbons (Fsp3) is 0.900. The van der Waals surface area contributed by atoms with E-state index in [4.69, 9.17) is 0 Å². The minimum atomic E-state index is 0.211. The Balaban J connectivity index is 2.41. The fourth-order valence-electron chi connectivity index (χ4n) is 1.90. The minimum Gasteiger partial charge on any atom is -0.340 e. The topological polar surface area (TPSA) is 23.6 Å². The van der Waals surface area contributed by atoms with Crippen LogP contribution in [0.1, 0.15) is 27.2 Å². The van der Waals surface area contributed by atoms with Crippen LogP contribution in [0.4, 0.5) is 0 Å². The highest BCUT2D eigenvalue weighted by molar-refractivity contribution is 5.73. The average Bonchev–Trinajstić information content (AvgIpc) is 2.08. The summed E-state index contributed by atoms with van der Waals surface area (Å²) in [5, 5.41) is 0. The van der Waals surface area contributed by atoms with Gasteiger partial charge in [0.1, 0.15) is 0 Å². The van der Waals surface area contributed by atoms with E-state index in [1.807, 2.05) is 4.90 Å². The minimum absolute atomic E-state index is 0.211. The van der Waals surface area contributed by atoms with Crippen LogP contribution < -0.4 is 0 Å². The van der Waals surface area contributed by atoms with Crippen molar-refractivity contribution < 1.29 is 4.79 Å². The molecule has 0 aromatic rings. The maximum atomic E-state index is 11.1. The van der Waals surface area contributed by atoms with Gasteiger partial charge in [-0.1, -0.05) is 6.92 Å². The summed E-state index contributed by atoms with van der Waals surface area (Å²) in [5.41, 5.74) is 0. The Morgan fingerprint density at radius 2 is 2.15 bits per heavy atom. The van der Waals surface area contributed by atoms with Gasteiger partial charge in [-0.15, -0.1) is 0 Å². The third-order valence-corrected chi connectivity index (χ3v) is 2.72. The molecule has 1 unspecified atom stereocenters. The maximum Gasteiger partial charge on any atom is 0.219 e. The number of nitrogens with zero attached hydrogens (tertiary/aromatic N) is 2. The molecule has 0 aromatic heterocycles. The van der Waals surface area contributed by atoms with Crippen LogP contribution in [0.25, 0.3) is 0 Å². The summed E-state index contributed by atoms with van der Waals surface area (Å²) < 4.78 is 0. The first-order chi connectivity index (χ1) is 6.15. The van der Waals surface area contributed by atoms with E-state index < -0.39 is 0 Å². The lowest BCUT2D eigenvalue weighted by Crippen LogP contribution is -2.53. The van der Waals surface area contributed by atoms with Crippen molar-refractivity contribution in [2.45, 2.75) is 33.2 Å². The predicted molar refractivity (Wildman–Crippen MR) is 53.6 cm³/mol. The van der Waals surface area contributed by atoms with E-state index in [0.29, 0.717) is 6.04 Å². The molecule has 1 heterocycles. The van der Waals surface area contributed by atoms with Gasteiger partial charge in [0.2, 0.25) is 5.91 Å². The van der Waals surface area contributed by atoms with Gasteiger partial charge in [-0.2, -0.15) is 0 Å². The Kier molecular flexibility index (Phi) is 3.72. The molecule has 3 heteroatoms. The van der Waals surface area contributed by atoms with Gasteiger partial charge in [-0.05, 0) is 19.9 Å². The van der Waals surface area contributed by atoms with Gasteiger partial charge in [0.05, 0.1) is 0 Å². The zero-order valence-electron chi connectivity index (χ0n) is 8.92. The summed E-state index contributed by atoms with van der Waals surface area (Å²) in [7, 11) is 0. The lowest BCUT2D eigenvalue weighted by Gasteiger charge is -2.39. The van der Waals surface area contributed by atoms with Crippen molar-refractivity contribution in [3.05, 3.63) is 0 Å². The van der Waals surface area contributed by atoms with Crippen LogP contribution >= 0.6 is 0 Å². The number of hydrogen-bond donors (Lipinski definition) is 0. The molecule has 1 amide bonds. The standard InChI is InChI=1S/C10H20N2O/c1-4-5-11-6-7-12(10(3)13)8-9(11)2/h9H,4-8H2,1-3H3. The van der Waals surface area contributed by atoms with E-state index in [0.717, 1.165) is 26.2 Å². The normalized spacial score (nSPS) is 24.8. The molecule has 0 saturated carbocycles. The second-order valence-electron chi connectivity index (χ2n) is 3.85. The lowest BCUT2D eigenvalue weighted by atomic mass is 10.2. The first-order valence-corrected chi connectivity index (χ1v) is 5.14. The van der Waals surface area contributed by atoms with Crippen LogP contribution in [0.2, 0.25) is 0 Å². The summed E-state index contributed by atoms with van der Waals surface area (Å²) in [5.74, 6) is 0.211. The lowest BCUT2D eigenvalue weighted by molar-refractivity contribution is -0.131. The summed E-state index contributed by atoms with van der Waals surface area (Å²) in [6.07, 6.45) is 1.20. The quantitative estimate of drug-likeness (QED) is 0.638. The Morgan fingerprint density at radius 3 is 2.62 bits per heavy atom. The van der Waals surface area contributed by atoms with Gasteiger partial charge in [-0.3, -0.25) is 9.69 Å². The third kappa shape index (κ3) is 2.69. The summed E-state index contributed by atoms with van der Waals surface area (Å²) >= 11 is 0. The van der Waals surface area contributed by atoms with Crippen molar-refractivity contribution in [2.75, 3.05) is 26.2 Å². The number of carbonyl (C=O) groups excluding carboxylic acids is 1. The molecule has 1 rings (SSSR count). The highest BCUT2D eigenvalue weighted by Gasteiger charge is 2.23. The first kappa shape index (κ1) is 10.5. The van der Waals surface area contributed by atoms with Crippen molar-refractivity contribution in [3.63, 3.8) is 0 Å². The monoisotopic (exact) mass is 184 g/mol. The average molecular weight is 184 g/mol. The van der Waals surface area contributed by atoms with Crippen molar-refractivity contribution >= 4 is 5.91 Å². The summed E-state index contributed by atoms with van der Waals surface area (Å²) in [6.45, 7) is 10.0. The molecule has 1 aliphatic rings. The van der Waals surface area contributed by atoms with Crippen molar-refractivity contribution in [1.29, 1.82) is 0 Å². The zero-order chi connectivity index (χ0) is 9.84. The smallest absolute Gasteiger partial charge is 0.219 e. The molecule has 0 N–H and O–H groups in total. The van der Waals surface area contributed by atoms with E-state index in [1.165, 1.54) is 6.42 Å². The van der Waals surface area contributed by atoms with E-state index in [2.05, 4.69) is 18.7 Å². The molecule has 76 valence electrons. The number of rotatable bonds is 2. The van der Waals surface area contributed by atoms with Gasteiger partial charge in [-0.25, -0.2) is 0 Å². The van der Waals surface area contributed by atoms with Crippen LogP contribution in [0.5, 0.6) is 0 Å². The Morgan fingerprint density at radius 1 is 1.46 bits per heavy atom. The molecular weight excluding hydrogens is 164 g/mol. The predicted octanol–water partition coefficient (Wildman–Crippen LogP) is 0.949. The fourth-order valence-corrected chi connectivity index (χ4v) is 1.90. The van der Waals surface area contributed by atoms with Gasteiger partial charge in [0, 0.05) is 32.6 Å². The molecule has 1 saturated heterocycles. The zero-order valence-corrected chi connectivity index (χ0v) is 8.92. The summed E-state index contributed by atoms with van der Waals surface area (Å²) in [4.78, 5) is 15.5. The number of hydrogen-bond acceptors (Lipinski definition) is 2. The van der Waals surface area contributed by atoms with Gasteiger partial charge in [0.25, 0.3) is 0 Å². The van der Waals surface area contributed by atoms with Crippen molar-refractivity contribution in [2.24, 2.45) is 0 Å². The van der Waals surface area contributed by atoms with E-state index >= 15 is 0 Å². The van der Waals surface area contributed by atoms with Crippen molar-refractivity contribution in [1.82, 2.24) is 9.80 Å². The molecule has 13 heavy (non-hydrogen) atoms. The molecule has 1 fully saturated rings. The van der Waals surface area contributed by atoms with Gasteiger partial charge >= 0.3 is 0 Å². The largest absolute Gasteiger partial charge is 0.340 e. The number of carbonyl (C=O) groups is 1. The number of piperazine rings is 1. The SMILES string of the molecule is CCCN1CCN(C(C)=O)CC1C. The van der Waals surface area contributed by atoms with Gasteiger partial charge < -0.3 is 4.90 Å². The van der Waals surface area contributed by atoms with Crippen LogP contribution in [0.15, 0.2) is 0 Å². The molecule has 0 aromatic carbocycles. The van der Waals surface area contributed by atoms with Crippen LogP contribution in [-0.4, -0.2) is 47.9 Å². The molecule has 1 atom stereocenters. The van der Waals surface area contributed by atoms with Gasteiger partial charge in [0.15, 0.2) is 0 Å². The molecule has 0 spiro atoms. The van der Waals surface area contributed by atoms with Crippen LogP contribution in [0, 0.1) is 0 Å². The molecule has 0 aliphatic carbocycles. The highest BCUT2D eigenvalue weighted by Crippen LogP contribution is 2.09. The molecular formula is C10H20N2O. The van der Waals surface area contributed by atoms with Crippen LogP contribution in [-0.2, 0) is 4.79 Å². The third-order valence-electron chi connectivity index (χ3n) is 2.72. The van der Waals surface area contributed by atoms with Crippen LogP contribution in [0.3, 0.4) is 0 Å². The van der Waals surface area contributed by atoms with E-state index in [9.17, 15) is 4.79 Å².